The summed E-state index contributed by atoms with van der Waals surface area (Å²) in [5, 5.41) is 3.58. The molecule has 0 saturated carbocycles. The molecule has 0 radical (unpaired) electrons. The van der Waals surface area contributed by atoms with Gasteiger partial charge >= 0.3 is 0 Å². The zero-order chi connectivity index (χ0) is 13.8. The summed E-state index contributed by atoms with van der Waals surface area (Å²) in [6, 6.07) is 14.7. The molecule has 0 saturated heterocycles. The Kier molecular flexibility index (Phi) is 4.46. The van der Waals surface area contributed by atoms with Crippen molar-refractivity contribution in [2.75, 3.05) is 5.32 Å². The first kappa shape index (κ1) is 13.9. The minimum absolute atomic E-state index is 0.115. The van der Waals surface area contributed by atoms with E-state index in [0.717, 1.165) is 5.56 Å². The zero-order valence-corrected chi connectivity index (χ0v) is 11.9. The number of benzene rings is 2. The van der Waals surface area contributed by atoms with E-state index in [2.05, 4.69) is 5.32 Å². The van der Waals surface area contributed by atoms with E-state index in [1.807, 2.05) is 37.3 Å². The second-order valence-electron chi connectivity index (χ2n) is 4.22. The van der Waals surface area contributed by atoms with Gasteiger partial charge in [-0.15, -0.1) is 0 Å². The molecule has 0 aliphatic heterocycles. The van der Waals surface area contributed by atoms with Gasteiger partial charge in [-0.2, -0.15) is 0 Å². The molecule has 1 atom stereocenters. The highest BCUT2D eigenvalue weighted by molar-refractivity contribution is 6.44. The molecule has 2 aromatic carbocycles. The number of halogens is 2. The second kappa shape index (κ2) is 6.09. The third-order valence-corrected chi connectivity index (χ3v) is 3.72. The predicted octanol–water partition coefficient (Wildman–Crippen LogP) is 4.74. The van der Waals surface area contributed by atoms with Gasteiger partial charge in [0.1, 0.15) is 0 Å². The van der Waals surface area contributed by atoms with E-state index in [4.69, 9.17) is 23.2 Å². The molecule has 98 valence electrons. The molecule has 0 bridgehead atoms. The highest BCUT2D eigenvalue weighted by Crippen LogP contribution is 2.30. The Balaban J connectivity index is 2.15. The van der Waals surface area contributed by atoms with Crippen molar-refractivity contribution in [3.05, 3.63) is 64.1 Å². The van der Waals surface area contributed by atoms with Gasteiger partial charge in [-0.25, -0.2) is 0 Å². The van der Waals surface area contributed by atoms with Crippen LogP contribution in [0.2, 0.25) is 10.0 Å². The smallest absolute Gasteiger partial charge is 0.231 e. The molecule has 0 heterocycles. The van der Waals surface area contributed by atoms with Crippen LogP contribution < -0.4 is 5.32 Å². The van der Waals surface area contributed by atoms with Crippen LogP contribution in [0.5, 0.6) is 0 Å². The van der Waals surface area contributed by atoms with E-state index >= 15 is 0 Å². The molecule has 1 N–H and O–H groups in total. The fourth-order valence-electron chi connectivity index (χ4n) is 1.73. The second-order valence-corrected chi connectivity index (χ2v) is 5.01. The molecule has 0 fully saturated rings. The predicted molar refractivity (Wildman–Crippen MR) is 79.9 cm³/mol. The van der Waals surface area contributed by atoms with Gasteiger partial charge in [-0.05, 0) is 24.6 Å². The lowest BCUT2D eigenvalue weighted by Gasteiger charge is -2.13. The Bertz CT molecular complexity index is 584. The Morgan fingerprint density at radius 3 is 2.42 bits per heavy atom. The van der Waals surface area contributed by atoms with Gasteiger partial charge in [-0.3, -0.25) is 4.79 Å². The van der Waals surface area contributed by atoms with E-state index in [9.17, 15) is 4.79 Å². The van der Waals surface area contributed by atoms with Crippen LogP contribution in [0.15, 0.2) is 48.5 Å². The van der Waals surface area contributed by atoms with Gasteiger partial charge in [-0.1, -0.05) is 59.6 Å². The molecule has 0 aliphatic rings. The third-order valence-electron chi connectivity index (χ3n) is 2.90. The van der Waals surface area contributed by atoms with Gasteiger partial charge in [0.05, 0.1) is 21.7 Å². The van der Waals surface area contributed by atoms with Gasteiger partial charge in [0.2, 0.25) is 5.91 Å². The van der Waals surface area contributed by atoms with Crippen LogP contribution >= 0.6 is 23.2 Å². The monoisotopic (exact) mass is 293 g/mol. The first-order chi connectivity index (χ1) is 9.09. The summed E-state index contributed by atoms with van der Waals surface area (Å²) in [7, 11) is 0. The molecule has 0 unspecified atom stereocenters. The van der Waals surface area contributed by atoms with Gasteiger partial charge in [0, 0.05) is 0 Å². The van der Waals surface area contributed by atoms with Crippen molar-refractivity contribution in [3.63, 3.8) is 0 Å². The van der Waals surface area contributed by atoms with Crippen molar-refractivity contribution in [2.24, 2.45) is 0 Å². The van der Waals surface area contributed by atoms with Crippen molar-refractivity contribution >= 4 is 34.8 Å². The number of carbonyl (C=O) groups is 1. The van der Waals surface area contributed by atoms with E-state index in [1.165, 1.54) is 0 Å². The number of nitrogens with one attached hydrogen (secondary N) is 1. The molecule has 1 amide bonds. The van der Waals surface area contributed by atoms with Crippen molar-refractivity contribution in [1.29, 1.82) is 0 Å². The maximum Gasteiger partial charge on any atom is 0.231 e. The number of amides is 1. The summed E-state index contributed by atoms with van der Waals surface area (Å²) in [5.74, 6) is -0.369. The average molecular weight is 294 g/mol. The third kappa shape index (κ3) is 3.28. The molecule has 0 aliphatic carbocycles. The van der Waals surface area contributed by atoms with Crippen LogP contribution in [0, 0.1) is 0 Å². The van der Waals surface area contributed by atoms with Crippen molar-refractivity contribution in [3.8, 4) is 0 Å². The van der Waals surface area contributed by atoms with Crippen LogP contribution in [0.1, 0.15) is 18.4 Å². The fourth-order valence-corrected chi connectivity index (χ4v) is 2.08. The first-order valence-electron chi connectivity index (χ1n) is 5.89. The largest absolute Gasteiger partial charge is 0.324 e. The minimum atomic E-state index is -0.253. The highest BCUT2D eigenvalue weighted by atomic mass is 35.5. The van der Waals surface area contributed by atoms with E-state index in [-0.39, 0.29) is 11.8 Å². The lowest BCUT2D eigenvalue weighted by molar-refractivity contribution is -0.117. The number of rotatable bonds is 3. The molecular formula is C15H13Cl2NO. The SMILES string of the molecule is C[C@H](C(=O)Nc1cccc(Cl)c1Cl)c1ccccc1. The molecule has 2 aromatic rings. The molecule has 2 nitrogen and oxygen atoms in total. The maximum absolute atomic E-state index is 12.2. The number of hydrogen-bond acceptors (Lipinski definition) is 1. The van der Waals surface area contributed by atoms with Gasteiger partial charge in [0.15, 0.2) is 0 Å². The van der Waals surface area contributed by atoms with Crippen molar-refractivity contribution < 1.29 is 4.79 Å². The highest BCUT2D eigenvalue weighted by Gasteiger charge is 2.16. The van der Waals surface area contributed by atoms with E-state index in [0.29, 0.717) is 15.7 Å². The van der Waals surface area contributed by atoms with Crippen molar-refractivity contribution in [1.82, 2.24) is 0 Å². The molecular weight excluding hydrogens is 281 g/mol. The van der Waals surface area contributed by atoms with E-state index in [1.54, 1.807) is 18.2 Å². The Morgan fingerprint density at radius 1 is 1.05 bits per heavy atom. The molecule has 0 spiro atoms. The summed E-state index contributed by atoms with van der Waals surface area (Å²) in [4.78, 5) is 12.2. The molecule has 0 aromatic heterocycles. The quantitative estimate of drug-likeness (QED) is 0.870. The lowest BCUT2D eigenvalue weighted by atomic mass is 10.0. The zero-order valence-electron chi connectivity index (χ0n) is 10.4. The number of hydrogen-bond donors (Lipinski definition) is 1. The number of carbonyl (C=O) groups excluding carboxylic acids is 1. The maximum atomic E-state index is 12.2. The molecule has 4 heteroatoms. The molecule has 2 rings (SSSR count). The summed E-state index contributed by atoms with van der Waals surface area (Å²) >= 11 is 12.0. The van der Waals surface area contributed by atoms with Gasteiger partial charge < -0.3 is 5.32 Å². The minimum Gasteiger partial charge on any atom is -0.324 e. The van der Waals surface area contributed by atoms with E-state index < -0.39 is 0 Å². The summed E-state index contributed by atoms with van der Waals surface area (Å²) in [6.45, 7) is 1.85. The normalized spacial score (nSPS) is 11.9. The fraction of sp³-hybridized carbons (Fsp3) is 0.133. The van der Waals surface area contributed by atoms with Crippen LogP contribution in [0.4, 0.5) is 5.69 Å². The Morgan fingerprint density at radius 2 is 1.74 bits per heavy atom. The summed E-state index contributed by atoms with van der Waals surface area (Å²) in [5.41, 5.74) is 1.49. The average Bonchev–Trinajstić information content (AvgIpc) is 2.44. The van der Waals surface area contributed by atoms with Crippen LogP contribution in [-0.2, 0) is 4.79 Å². The van der Waals surface area contributed by atoms with Crippen molar-refractivity contribution in [2.45, 2.75) is 12.8 Å². The summed E-state index contributed by atoms with van der Waals surface area (Å²) < 4.78 is 0. The first-order valence-corrected chi connectivity index (χ1v) is 6.65. The Hall–Kier alpha value is -1.51. The number of anilines is 1. The standard InChI is InChI=1S/C15H13Cl2NO/c1-10(11-6-3-2-4-7-11)15(19)18-13-9-5-8-12(16)14(13)17/h2-10H,1H3,(H,18,19)/t10-/m0/s1. The molecule has 19 heavy (non-hydrogen) atoms. The Labute approximate surface area is 122 Å². The summed E-state index contributed by atoms with van der Waals surface area (Å²) in [6.07, 6.45) is 0. The van der Waals surface area contributed by atoms with Gasteiger partial charge in [0.25, 0.3) is 0 Å². The van der Waals surface area contributed by atoms with Crippen LogP contribution in [-0.4, -0.2) is 5.91 Å². The van der Waals surface area contributed by atoms with Crippen LogP contribution in [0.3, 0.4) is 0 Å². The van der Waals surface area contributed by atoms with Crippen LogP contribution in [0.25, 0.3) is 0 Å². The lowest BCUT2D eigenvalue weighted by Crippen LogP contribution is -2.19. The topological polar surface area (TPSA) is 29.1 Å².